The van der Waals surface area contributed by atoms with Gasteiger partial charge in [0.2, 0.25) is 5.90 Å². The third kappa shape index (κ3) is 6.43. The van der Waals surface area contributed by atoms with Crippen molar-refractivity contribution in [2.45, 2.75) is 37.1 Å². The van der Waals surface area contributed by atoms with Crippen LogP contribution >= 0.6 is 0 Å². The third-order valence-corrected chi connectivity index (χ3v) is 9.18. The molecule has 10 heteroatoms. The lowest BCUT2D eigenvalue weighted by molar-refractivity contribution is -0.130. The van der Waals surface area contributed by atoms with E-state index in [4.69, 9.17) is 25.1 Å². The van der Waals surface area contributed by atoms with Gasteiger partial charge in [-0.05, 0) is 68.7 Å². The molecule has 0 spiro atoms. The molecule has 250 valence electrons. The van der Waals surface area contributed by atoms with Crippen LogP contribution in [0.3, 0.4) is 0 Å². The van der Waals surface area contributed by atoms with Gasteiger partial charge in [0, 0.05) is 29.9 Å². The molecule has 2 aliphatic rings. The fourth-order valence-electron chi connectivity index (χ4n) is 6.75. The maximum absolute atomic E-state index is 15.0. The highest BCUT2D eigenvalue weighted by atomic mass is 16.5. The number of aliphatic imine (C=N–C) groups is 1. The Labute approximate surface area is 290 Å². The minimum absolute atomic E-state index is 0.0500. The number of aliphatic hydroxyl groups is 1. The van der Waals surface area contributed by atoms with Crippen molar-refractivity contribution in [2.24, 2.45) is 10.1 Å². The van der Waals surface area contributed by atoms with Crippen LogP contribution in [-0.4, -0.2) is 35.7 Å². The monoisotopic (exact) mass is 664 g/mol. The fourth-order valence-corrected chi connectivity index (χ4v) is 6.75. The Kier molecular flexibility index (Phi) is 9.57. The van der Waals surface area contributed by atoms with E-state index in [0.29, 0.717) is 30.2 Å². The number of ether oxygens (including phenoxy) is 2. The molecule has 0 bridgehead atoms. The maximum atomic E-state index is 15.0. The van der Waals surface area contributed by atoms with Gasteiger partial charge in [-0.15, -0.1) is 0 Å². The van der Waals surface area contributed by atoms with Crippen LogP contribution in [0.5, 0.6) is 5.75 Å². The number of azide groups is 1. The quantitative estimate of drug-likeness (QED) is 0.0403. The van der Waals surface area contributed by atoms with E-state index >= 15 is 0 Å². The van der Waals surface area contributed by atoms with Gasteiger partial charge < -0.3 is 14.6 Å². The number of amides is 1. The van der Waals surface area contributed by atoms with Gasteiger partial charge in [0.05, 0.1) is 19.2 Å². The Morgan fingerprint density at radius 3 is 2.18 bits per heavy atom. The maximum Gasteiger partial charge on any atom is 0.266 e. The second-order valence-corrected chi connectivity index (χ2v) is 12.2. The lowest BCUT2D eigenvalue weighted by Gasteiger charge is -2.32. The fraction of sp³-hybridized carbons (Fsp3) is 0.200. The lowest BCUT2D eigenvalue weighted by Crippen LogP contribution is -2.54. The van der Waals surface area contributed by atoms with Gasteiger partial charge in [-0.3, -0.25) is 10.2 Å². The number of aliphatic hydroxyl groups excluding tert-OH is 1. The first-order chi connectivity index (χ1) is 24.6. The van der Waals surface area contributed by atoms with Crippen molar-refractivity contribution in [3.8, 4) is 16.9 Å². The average molecular weight is 665 g/mol. The summed E-state index contributed by atoms with van der Waals surface area (Å²) in [5.74, 6) is 0.600. The summed E-state index contributed by atoms with van der Waals surface area (Å²) >= 11 is 0. The molecule has 2 atom stereocenters. The molecule has 1 amide bonds. The summed E-state index contributed by atoms with van der Waals surface area (Å²) in [5.41, 5.74) is 21.5. The molecule has 5 aromatic rings. The molecule has 10 nitrogen and oxygen atoms in total. The normalized spacial score (nSPS) is 17.5. The molecule has 3 N–H and O–H groups in total. The number of nitrogens with one attached hydrogen (secondary N) is 2. The molecule has 0 fully saturated rings. The van der Waals surface area contributed by atoms with Crippen LogP contribution in [0.4, 0.5) is 0 Å². The topological polar surface area (TPSA) is 141 Å². The second kappa shape index (κ2) is 14.7. The summed E-state index contributed by atoms with van der Waals surface area (Å²) < 4.78 is 12.4. The number of hydrazine groups is 1. The highest BCUT2D eigenvalue weighted by Crippen LogP contribution is 2.45. The Morgan fingerprint density at radius 1 is 0.860 bits per heavy atom. The summed E-state index contributed by atoms with van der Waals surface area (Å²) in [6, 6.07) is 40.7. The molecule has 0 saturated heterocycles. The largest absolute Gasteiger partial charge is 0.494 e. The molecular weight excluding hydrogens is 628 g/mol. The van der Waals surface area contributed by atoms with Crippen LogP contribution in [-0.2, 0) is 22.5 Å². The van der Waals surface area contributed by atoms with E-state index < -0.39 is 11.6 Å². The van der Waals surface area contributed by atoms with Crippen molar-refractivity contribution in [3.05, 3.63) is 171 Å². The average Bonchev–Trinajstić information content (AvgIpc) is 3.71. The summed E-state index contributed by atoms with van der Waals surface area (Å²) in [7, 11) is 0. The van der Waals surface area contributed by atoms with Crippen molar-refractivity contribution in [1.29, 1.82) is 0 Å². The van der Waals surface area contributed by atoms with Gasteiger partial charge in [0.25, 0.3) is 5.91 Å². The molecule has 0 aromatic heterocycles. The van der Waals surface area contributed by atoms with Gasteiger partial charge in [-0.1, -0.05) is 108 Å². The number of carbonyl (C=O) groups is 1. The van der Waals surface area contributed by atoms with Gasteiger partial charge in [-0.2, -0.15) is 0 Å². The highest BCUT2D eigenvalue weighted by molar-refractivity contribution is 6.01. The molecule has 1 heterocycles. The number of nitrogens with zero attached hydrogens (tertiary/aromatic N) is 4. The number of hydrogen-bond donors (Lipinski definition) is 3. The molecule has 0 radical (unpaired) electrons. The van der Waals surface area contributed by atoms with Crippen LogP contribution in [0.2, 0.25) is 0 Å². The third-order valence-electron chi connectivity index (χ3n) is 9.18. The Morgan fingerprint density at radius 2 is 1.50 bits per heavy atom. The molecule has 50 heavy (non-hydrogen) atoms. The summed E-state index contributed by atoms with van der Waals surface area (Å²) in [4.78, 5) is 23.1. The summed E-state index contributed by atoms with van der Waals surface area (Å²) in [5, 5.41) is 13.0. The standard InChI is InChI=1S/C40H36N6O4/c41-46-42-26-30-14-5-4-13-29(30)25-40(39(48)45-44-36-34-17-8-6-15-32(34)33-16-7-9-18-35(33)36)37(27-11-2-1-3-12-27)50-38(43-40)28-19-21-31(22-20-28)49-24-10-23-47/h1-9,11-22,36-37,44,47H,10,23-26H2,(H,45,48)/t37-,40-/m0/s1. The van der Waals surface area contributed by atoms with E-state index in [1.54, 1.807) is 0 Å². The zero-order chi connectivity index (χ0) is 34.3. The second-order valence-electron chi connectivity index (χ2n) is 12.2. The first-order valence-corrected chi connectivity index (χ1v) is 16.6. The van der Waals surface area contributed by atoms with Gasteiger partial charge in [-0.25, -0.2) is 10.4 Å². The Balaban J connectivity index is 1.29. The Hall–Kier alpha value is -5.93. The summed E-state index contributed by atoms with van der Waals surface area (Å²) in [6.07, 6.45) is -0.0983. The molecule has 0 saturated carbocycles. The summed E-state index contributed by atoms with van der Waals surface area (Å²) in [6.45, 7) is 0.572. The molecule has 0 unspecified atom stereocenters. The Bertz CT molecular complexity index is 2020. The lowest BCUT2D eigenvalue weighted by atomic mass is 9.81. The van der Waals surface area contributed by atoms with Crippen molar-refractivity contribution >= 4 is 11.8 Å². The number of fused-ring (bicyclic) bond motifs is 3. The molecular formula is C40H36N6O4. The molecule has 1 aliphatic heterocycles. The van der Waals surface area contributed by atoms with E-state index in [9.17, 15) is 4.79 Å². The van der Waals surface area contributed by atoms with E-state index in [2.05, 4.69) is 45.1 Å². The minimum Gasteiger partial charge on any atom is -0.494 e. The first kappa shape index (κ1) is 32.6. The van der Waals surface area contributed by atoms with E-state index in [1.807, 2.05) is 103 Å². The highest BCUT2D eigenvalue weighted by Gasteiger charge is 2.54. The van der Waals surface area contributed by atoms with Crippen LogP contribution in [0, 0.1) is 0 Å². The van der Waals surface area contributed by atoms with Crippen molar-refractivity contribution in [2.75, 3.05) is 13.2 Å². The number of hydrogen-bond acceptors (Lipinski definition) is 7. The van der Waals surface area contributed by atoms with Crippen molar-refractivity contribution in [3.63, 3.8) is 0 Å². The van der Waals surface area contributed by atoms with Crippen LogP contribution < -0.4 is 15.6 Å². The number of carbonyl (C=O) groups excluding carboxylic acids is 1. The van der Waals surface area contributed by atoms with Crippen molar-refractivity contribution in [1.82, 2.24) is 10.9 Å². The van der Waals surface area contributed by atoms with Crippen LogP contribution in [0.1, 0.15) is 51.9 Å². The minimum atomic E-state index is -1.47. The predicted octanol–water partition coefficient (Wildman–Crippen LogP) is 7.15. The van der Waals surface area contributed by atoms with E-state index in [-0.39, 0.29) is 31.5 Å². The van der Waals surface area contributed by atoms with Gasteiger partial charge in [0.1, 0.15) is 5.75 Å². The van der Waals surface area contributed by atoms with Crippen LogP contribution in [0.25, 0.3) is 21.6 Å². The molecule has 1 aliphatic carbocycles. The molecule has 7 rings (SSSR count). The van der Waals surface area contributed by atoms with Crippen LogP contribution in [0.15, 0.2) is 138 Å². The van der Waals surface area contributed by atoms with E-state index in [1.165, 1.54) is 0 Å². The predicted molar refractivity (Wildman–Crippen MR) is 191 cm³/mol. The van der Waals surface area contributed by atoms with Gasteiger partial charge in [0.15, 0.2) is 11.6 Å². The SMILES string of the molecule is [N-]=[N+]=NCc1ccccc1C[C@]1(C(=O)NNC2c3ccccc3-c3ccccc32)N=C(c2ccc(OCCCO)cc2)O[C@H]1c1ccccc1. The molecule has 5 aromatic carbocycles. The van der Waals surface area contributed by atoms with Crippen molar-refractivity contribution < 1.29 is 19.4 Å². The number of rotatable bonds is 13. The first-order valence-electron chi connectivity index (χ1n) is 16.6. The zero-order valence-corrected chi connectivity index (χ0v) is 27.3. The smallest absolute Gasteiger partial charge is 0.266 e. The zero-order valence-electron chi connectivity index (χ0n) is 27.3. The van der Waals surface area contributed by atoms with Gasteiger partial charge >= 0.3 is 0 Å². The number of benzene rings is 5. The van der Waals surface area contributed by atoms with E-state index in [0.717, 1.165) is 38.9 Å².